The molecule has 7 amide bonds. The zero-order valence-electron chi connectivity index (χ0n) is 54.7. The Balaban J connectivity index is 0.917. The molecule has 0 radical (unpaired) electrons. The monoisotopic (exact) mass is 1300 g/mol. The third-order valence-corrected chi connectivity index (χ3v) is 22.4. The molecular formula is C68H85N7O17Si. The van der Waals surface area contributed by atoms with Gasteiger partial charge in [-0.25, -0.2) is 24.2 Å². The van der Waals surface area contributed by atoms with Crippen LogP contribution in [0, 0.1) is 11.3 Å². The number of aliphatic hydroxyl groups is 1. The second kappa shape index (κ2) is 28.4. The van der Waals surface area contributed by atoms with E-state index in [0.29, 0.717) is 36.4 Å². The summed E-state index contributed by atoms with van der Waals surface area (Å²) >= 11 is 0. The van der Waals surface area contributed by atoms with E-state index in [0.717, 1.165) is 28.9 Å². The lowest BCUT2D eigenvalue weighted by Gasteiger charge is -2.44. The van der Waals surface area contributed by atoms with E-state index in [2.05, 4.69) is 63.0 Å². The maximum Gasteiger partial charge on any atom is 0.416 e. The Morgan fingerprint density at radius 1 is 0.731 bits per heavy atom. The standard InChI is InChI=1S/C68H85N7O17Si/c1-14-27-89-64(81)71-57(40(3)4)59(77)69-41(5)58(76)70-45-21-17-42(18-22-45)38-91-65(82)74-49-34-55(53(85-10)32-47(49)61(79)73-39-68(25-26-68)36-52(73)62(74)80)87-29-16-30-88-56-35-50-48(33-54(56)86-11)60(78)72-37-44(43-19-23-46(84-9)24-20-43)31-51(72)63(75(50)66(83)90-28-15-2)92-93(12,13)67(6,7)8/h14-15,17-24,32-35,37,40-41,51-52,57,62-63,80H,1-2,16,25-31,36,38-39H2,3-13H3,(H,69,77)(H,70,76)(H,71,81)/t41-,51-,52-,57-,62?,63?/m0/s1. The van der Waals surface area contributed by atoms with E-state index >= 15 is 4.79 Å². The van der Waals surface area contributed by atoms with Crippen molar-refractivity contribution in [3.8, 4) is 28.7 Å². The first-order valence-corrected chi connectivity index (χ1v) is 34.0. The second-order valence-corrected chi connectivity index (χ2v) is 30.4. The largest absolute Gasteiger partial charge is 0.497 e. The van der Waals surface area contributed by atoms with E-state index in [4.69, 9.17) is 42.3 Å². The molecule has 498 valence electrons. The van der Waals surface area contributed by atoms with Gasteiger partial charge in [0.15, 0.2) is 43.8 Å². The average molecular weight is 1300 g/mol. The quantitative estimate of drug-likeness (QED) is 0.0220. The van der Waals surface area contributed by atoms with Crippen LogP contribution in [0.4, 0.5) is 31.4 Å². The van der Waals surface area contributed by atoms with E-state index in [1.54, 1.807) is 67.2 Å². The number of amides is 7. The third kappa shape index (κ3) is 14.9. The molecule has 1 aliphatic carbocycles. The fourth-order valence-electron chi connectivity index (χ4n) is 11.5. The number of carbonyl (C=O) groups is 7. The number of carbonyl (C=O) groups excluding carboxylic acids is 7. The molecule has 9 rings (SSSR count). The minimum atomic E-state index is -2.73. The highest BCUT2D eigenvalue weighted by atomic mass is 28.4. The third-order valence-electron chi connectivity index (χ3n) is 17.9. The van der Waals surface area contributed by atoms with Gasteiger partial charge < -0.3 is 73.2 Å². The Kier molecular flexibility index (Phi) is 20.9. The number of nitrogens with one attached hydrogen (secondary N) is 3. The summed E-state index contributed by atoms with van der Waals surface area (Å²) in [5.41, 5.74) is 2.94. The van der Waals surface area contributed by atoms with Crippen LogP contribution >= 0.6 is 0 Å². The molecule has 6 atom stereocenters. The minimum Gasteiger partial charge on any atom is -0.497 e. The van der Waals surface area contributed by atoms with Crippen LogP contribution in [0.5, 0.6) is 28.7 Å². The number of alkyl carbamates (subject to hydrolysis) is 1. The van der Waals surface area contributed by atoms with Crippen molar-refractivity contribution in [3.05, 3.63) is 127 Å². The number of ether oxygens (including phenoxy) is 8. The van der Waals surface area contributed by atoms with Crippen LogP contribution in [0.1, 0.15) is 105 Å². The zero-order valence-corrected chi connectivity index (χ0v) is 55.7. The van der Waals surface area contributed by atoms with Crippen molar-refractivity contribution in [1.29, 1.82) is 0 Å². The summed E-state index contributed by atoms with van der Waals surface area (Å²) in [6.45, 7) is 22.7. The molecule has 4 N–H and O–H groups in total. The van der Waals surface area contributed by atoms with Gasteiger partial charge in [-0.2, -0.15) is 0 Å². The van der Waals surface area contributed by atoms with Crippen LogP contribution in [-0.4, -0.2) is 156 Å². The SMILES string of the molecule is C=CCOC(=O)N[C@H](C(=O)N[C@@H](C)C(=O)Nc1ccc(COC(=O)N2c3cc(OCCCOc4cc5c(cc4OC)C(=O)N4C=C(c6ccc(OC)cc6)C[C@H]4C(O[Si](C)(C)C(C)(C)C)N5C(=O)OCC=C)c(OC)cc3C(=O)N3CC4(CC4)C[C@H]3C2O)cc1)C(C)C. The van der Waals surface area contributed by atoms with Crippen molar-refractivity contribution in [2.24, 2.45) is 11.3 Å². The molecule has 25 heteroatoms. The molecule has 0 bridgehead atoms. The number of methoxy groups -OCH3 is 3. The molecule has 1 spiro atoms. The van der Waals surface area contributed by atoms with E-state index in [9.17, 15) is 33.9 Å². The molecule has 4 aliphatic heterocycles. The van der Waals surface area contributed by atoms with Gasteiger partial charge in [0.05, 0.1) is 69.1 Å². The van der Waals surface area contributed by atoms with Gasteiger partial charge in [-0.05, 0) is 115 Å². The number of hydrogen-bond donors (Lipinski definition) is 4. The molecule has 2 fully saturated rings. The normalized spacial score (nSPS) is 19.3. The summed E-state index contributed by atoms with van der Waals surface area (Å²) in [5.74, 6) is -0.799. The van der Waals surface area contributed by atoms with Gasteiger partial charge in [-0.3, -0.25) is 19.2 Å². The lowest BCUT2D eigenvalue weighted by Crippen LogP contribution is -2.57. The van der Waals surface area contributed by atoms with Crippen molar-refractivity contribution in [3.63, 3.8) is 0 Å². The highest BCUT2D eigenvalue weighted by molar-refractivity contribution is 6.74. The van der Waals surface area contributed by atoms with Crippen molar-refractivity contribution in [1.82, 2.24) is 20.4 Å². The molecule has 1 saturated heterocycles. The van der Waals surface area contributed by atoms with E-state index in [1.807, 2.05) is 30.5 Å². The van der Waals surface area contributed by atoms with Crippen LogP contribution in [0.15, 0.2) is 104 Å². The molecule has 93 heavy (non-hydrogen) atoms. The lowest BCUT2D eigenvalue weighted by atomic mass is 10.0. The Labute approximate surface area is 543 Å². The maximum atomic E-state index is 15.1. The lowest BCUT2D eigenvalue weighted by molar-refractivity contribution is -0.128. The average Bonchev–Trinajstić information content (AvgIpc) is 1.59. The highest BCUT2D eigenvalue weighted by Gasteiger charge is 2.58. The van der Waals surface area contributed by atoms with E-state index in [1.165, 1.54) is 50.3 Å². The molecule has 5 aliphatic rings. The van der Waals surface area contributed by atoms with E-state index < -0.39 is 86.8 Å². The van der Waals surface area contributed by atoms with E-state index in [-0.39, 0.29) is 101 Å². The van der Waals surface area contributed by atoms with Crippen LogP contribution in [0.2, 0.25) is 18.1 Å². The van der Waals surface area contributed by atoms with Gasteiger partial charge >= 0.3 is 18.3 Å². The first-order chi connectivity index (χ1) is 44.3. The number of rotatable bonds is 24. The van der Waals surface area contributed by atoms with Gasteiger partial charge in [0.1, 0.15) is 37.7 Å². The highest BCUT2D eigenvalue weighted by Crippen LogP contribution is 2.57. The fourth-order valence-corrected chi connectivity index (χ4v) is 12.7. The molecule has 24 nitrogen and oxygen atoms in total. The Bertz CT molecular complexity index is 3530. The predicted molar refractivity (Wildman–Crippen MR) is 349 cm³/mol. The summed E-state index contributed by atoms with van der Waals surface area (Å²) in [6.07, 6.45) is 2.45. The number of anilines is 3. The van der Waals surface area contributed by atoms with Crippen molar-refractivity contribution >= 4 is 72.9 Å². The van der Waals surface area contributed by atoms with Crippen molar-refractivity contribution in [2.75, 3.05) is 69.4 Å². The second-order valence-electron chi connectivity index (χ2n) is 25.7. The summed E-state index contributed by atoms with van der Waals surface area (Å²) < 4.78 is 53.8. The summed E-state index contributed by atoms with van der Waals surface area (Å²) in [6, 6.07) is 16.7. The number of aliphatic hydroxyl groups excluding tert-OH is 1. The molecule has 0 aromatic heterocycles. The summed E-state index contributed by atoms with van der Waals surface area (Å²) in [7, 11) is 1.74. The summed E-state index contributed by atoms with van der Waals surface area (Å²) in [5, 5.41) is 19.8. The van der Waals surface area contributed by atoms with Gasteiger partial charge in [-0.1, -0.05) is 84.2 Å². The van der Waals surface area contributed by atoms with Gasteiger partial charge in [0.25, 0.3) is 11.8 Å². The molecular weight excluding hydrogens is 1210 g/mol. The maximum absolute atomic E-state index is 15.1. The minimum absolute atomic E-state index is 0.00975. The first kappa shape index (κ1) is 68.3. The Hall–Kier alpha value is -9.07. The Morgan fingerprint density at radius 3 is 1.89 bits per heavy atom. The molecule has 2 unspecified atom stereocenters. The molecule has 4 aromatic rings. The van der Waals surface area contributed by atoms with Crippen LogP contribution < -0.4 is 49.4 Å². The van der Waals surface area contributed by atoms with Crippen molar-refractivity contribution < 1.29 is 81.0 Å². The number of hydrogen-bond acceptors (Lipinski definition) is 17. The predicted octanol–water partition coefficient (Wildman–Crippen LogP) is 10.2. The Morgan fingerprint density at radius 2 is 1.32 bits per heavy atom. The summed E-state index contributed by atoms with van der Waals surface area (Å²) in [4.78, 5) is 103. The number of nitrogens with zero attached hydrogens (tertiary/aromatic N) is 4. The van der Waals surface area contributed by atoms with Gasteiger partial charge in [-0.15, -0.1) is 0 Å². The fraction of sp³-hybridized carbons (Fsp3) is 0.456. The topological polar surface area (TPSA) is 272 Å². The van der Waals surface area contributed by atoms with Gasteiger partial charge in [0.2, 0.25) is 11.8 Å². The first-order valence-electron chi connectivity index (χ1n) is 31.1. The van der Waals surface area contributed by atoms with Gasteiger partial charge in [0, 0.05) is 37.0 Å². The number of fused-ring (bicyclic) bond motifs is 4. The molecule has 1 saturated carbocycles. The molecule has 4 heterocycles. The van der Waals surface area contributed by atoms with Crippen LogP contribution in [-0.2, 0) is 34.8 Å². The van der Waals surface area contributed by atoms with Crippen LogP contribution in [0.3, 0.4) is 0 Å². The zero-order chi connectivity index (χ0) is 67.3. The van der Waals surface area contributed by atoms with Crippen molar-refractivity contribution in [2.45, 2.75) is 135 Å². The smallest absolute Gasteiger partial charge is 0.416 e. The van der Waals surface area contributed by atoms with Crippen LogP contribution in [0.25, 0.3) is 5.57 Å². The molecule has 4 aromatic carbocycles. The number of benzene rings is 4.